The Morgan fingerprint density at radius 1 is 1.33 bits per heavy atom. The fourth-order valence-electron chi connectivity index (χ4n) is 2.42. The van der Waals surface area contributed by atoms with E-state index in [-0.39, 0.29) is 23.5 Å². The molecule has 1 fully saturated rings. The Morgan fingerprint density at radius 3 is 2.71 bits per heavy atom. The van der Waals surface area contributed by atoms with Crippen LogP contribution in [0.4, 0.5) is 11.4 Å². The molecule has 2 rings (SSSR count). The van der Waals surface area contributed by atoms with E-state index < -0.39 is 9.85 Å². The molecule has 8 nitrogen and oxygen atoms in total. The number of rotatable bonds is 5. The van der Waals surface area contributed by atoms with Gasteiger partial charge in [0.2, 0.25) is 0 Å². The standard InChI is InChI=1S/C13H17N3O5/c1-9-6-11(4-5-21-9)14-8-10-2-3-12(15(17)18)7-13(10)16(19)20/h2-3,7,9,11,14H,4-6,8H2,1H3. The molecule has 8 heteroatoms. The maximum absolute atomic E-state index is 11.0. The lowest BCUT2D eigenvalue weighted by atomic mass is 10.0. The van der Waals surface area contributed by atoms with Crippen molar-refractivity contribution in [3.05, 3.63) is 44.0 Å². The van der Waals surface area contributed by atoms with Crippen LogP contribution in [0.2, 0.25) is 0 Å². The largest absolute Gasteiger partial charge is 0.378 e. The van der Waals surface area contributed by atoms with Gasteiger partial charge in [0.15, 0.2) is 0 Å². The van der Waals surface area contributed by atoms with E-state index in [1.165, 1.54) is 12.1 Å². The van der Waals surface area contributed by atoms with Gasteiger partial charge >= 0.3 is 0 Å². The highest BCUT2D eigenvalue weighted by atomic mass is 16.6. The summed E-state index contributed by atoms with van der Waals surface area (Å²) in [6, 6.07) is 3.97. The predicted molar refractivity (Wildman–Crippen MR) is 75.0 cm³/mol. The van der Waals surface area contributed by atoms with Crippen LogP contribution in [0.25, 0.3) is 0 Å². The summed E-state index contributed by atoms with van der Waals surface area (Å²) in [6.45, 7) is 2.97. The summed E-state index contributed by atoms with van der Waals surface area (Å²) in [5, 5.41) is 25.0. The third-order valence-electron chi connectivity index (χ3n) is 3.54. The third kappa shape index (κ3) is 3.96. The van der Waals surface area contributed by atoms with E-state index in [4.69, 9.17) is 4.74 Å². The third-order valence-corrected chi connectivity index (χ3v) is 3.54. The SMILES string of the molecule is CC1CC(NCc2ccc([N+](=O)[O-])cc2[N+](=O)[O-])CCO1. The van der Waals surface area contributed by atoms with Crippen molar-refractivity contribution in [1.29, 1.82) is 0 Å². The molecule has 114 valence electrons. The van der Waals surface area contributed by atoms with Crippen LogP contribution in [0.1, 0.15) is 25.3 Å². The molecule has 0 aromatic heterocycles. The number of hydrogen-bond donors (Lipinski definition) is 1. The van der Waals surface area contributed by atoms with Gasteiger partial charge in [0.05, 0.1) is 22.0 Å². The number of non-ortho nitro benzene ring substituents is 1. The molecule has 2 unspecified atom stereocenters. The highest BCUT2D eigenvalue weighted by molar-refractivity contribution is 5.49. The van der Waals surface area contributed by atoms with Crippen LogP contribution >= 0.6 is 0 Å². The fraction of sp³-hybridized carbons (Fsp3) is 0.538. The molecule has 1 saturated heterocycles. The molecule has 1 aromatic carbocycles. The number of nitrogens with one attached hydrogen (secondary N) is 1. The zero-order chi connectivity index (χ0) is 15.4. The Morgan fingerprint density at radius 2 is 2.10 bits per heavy atom. The maximum atomic E-state index is 11.0. The van der Waals surface area contributed by atoms with Gasteiger partial charge in [-0.25, -0.2) is 0 Å². The van der Waals surface area contributed by atoms with Crippen molar-refractivity contribution in [3.8, 4) is 0 Å². The van der Waals surface area contributed by atoms with Gasteiger partial charge in [0.25, 0.3) is 11.4 Å². The number of nitrogens with zero attached hydrogens (tertiary/aromatic N) is 2. The number of nitro benzene ring substituents is 2. The molecule has 1 aliphatic rings. The van der Waals surface area contributed by atoms with Crippen LogP contribution in [-0.2, 0) is 11.3 Å². The highest BCUT2D eigenvalue weighted by Gasteiger charge is 2.22. The summed E-state index contributed by atoms with van der Waals surface area (Å²) in [4.78, 5) is 20.5. The topological polar surface area (TPSA) is 108 Å². The summed E-state index contributed by atoms with van der Waals surface area (Å²) in [5.74, 6) is 0. The lowest BCUT2D eigenvalue weighted by molar-refractivity contribution is -0.394. The minimum absolute atomic E-state index is 0.170. The Bertz CT molecular complexity index is 549. The molecule has 0 aliphatic carbocycles. The molecule has 0 saturated carbocycles. The first-order valence-corrected chi connectivity index (χ1v) is 6.74. The summed E-state index contributed by atoms with van der Waals surface area (Å²) in [5.41, 5.74) is -0.0494. The van der Waals surface area contributed by atoms with E-state index in [9.17, 15) is 20.2 Å². The van der Waals surface area contributed by atoms with E-state index in [0.717, 1.165) is 18.9 Å². The van der Waals surface area contributed by atoms with Crippen molar-refractivity contribution in [2.24, 2.45) is 0 Å². The molecule has 1 N–H and O–H groups in total. The number of ether oxygens (including phenoxy) is 1. The van der Waals surface area contributed by atoms with Crippen molar-refractivity contribution >= 4 is 11.4 Å². The number of benzene rings is 1. The Labute approximate surface area is 121 Å². The molecule has 0 spiro atoms. The van der Waals surface area contributed by atoms with Crippen LogP contribution in [0, 0.1) is 20.2 Å². The normalized spacial score (nSPS) is 22.0. The summed E-state index contributed by atoms with van der Waals surface area (Å²) >= 11 is 0. The van der Waals surface area contributed by atoms with Crippen LogP contribution < -0.4 is 5.32 Å². The van der Waals surface area contributed by atoms with Gasteiger partial charge in [-0.1, -0.05) is 0 Å². The average Bonchev–Trinajstić information content (AvgIpc) is 2.44. The Hall–Kier alpha value is -2.06. The van der Waals surface area contributed by atoms with Gasteiger partial charge < -0.3 is 10.1 Å². The first-order chi connectivity index (χ1) is 9.97. The van der Waals surface area contributed by atoms with E-state index in [2.05, 4.69) is 5.32 Å². The molecule has 0 radical (unpaired) electrons. The minimum Gasteiger partial charge on any atom is -0.378 e. The van der Waals surface area contributed by atoms with Gasteiger partial charge in [-0.05, 0) is 25.8 Å². The van der Waals surface area contributed by atoms with Crippen molar-refractivity contribution in [3.63, 3.8) is 0 Å². The molecule has 1 aromatic rings. The number of hydrogen-bond acceptors (Lipinski definition) is 6. The van der Waals surface area contributed by atoms with Crippen LogP contribution in [0.5, 0.6) is 0 Å². The van der Waals surface area contributed by atoms with Crippen LogP contribution in [-0.4, -0.2) is 28.6 Å². The summed E-state index contributed by atoms with van der Waals surface area (Å²) < 4.78 is 5.44. The Balaban J connectivity index is 2.08. The van der Waals surface area contributed by atoms with Crippen LogP contribution in [0.3, 0.4) is 0 Å². The lowest BCUT2D eigenvalue weighted by Crippen LogP contribution is -2.37. The molecule has 1 aliphatic heterocycles. The first kappa shape index (κ1) is 15.3. The molecule has 21 heavy (non-hydrogen) atoms. The predicted octanol–water partition coefficient (Wildman–Crippen LogP) is 2.16. The van der Waals surface area contributed by atoms with E-state index in [1.807, 2.05) is 6.92 Å². The molecule has 2 atom stereocenters. The summed E-state index contributed by atoms with van der Waals surface area (Å²) in [6.07, 6.45) is 1.87. The molecule has 0 amide bonds. The van der Waals surface area contributed by atoms with Crippen molar-refractivity contribution < 1.29 is 14.6 Å². The second-order valence-electron chi connectivity index (χ2n) is 5.11. The van der Waals surface area contributed by atoms with E-state index in [1.54, 1.807) is 0 Å². The Kier molecular flexibility index (Phi) is 4.81. The molecular formula is C13H17N3O5. The van der Waals surface area contributed by atoms with Crippen LogP contribution in [0.15, 0.2) is 18.2 Å². The second kappa shape index (κ2) is 6.59. The monoisotopic (exact) mass is 295 g/mol. The first-order valence-electron chi connectivity index (χ1n) is 6.74. The van der Waals surface area contributed by atoms with Crippen molar-refractivity contribution in [2.75, 3.05) is 6.61 Å². The zero-order valence-corrected chi connectivity index (χ0v) is 11.7. The van der Waals surface area contributed by atoms with E-state index >= 15 is 0 Å². The minimum atomic E-state index is -0.635. The molecular weight excluding hydrogens is 278 g/mol. The zero-order valence-electron chi connectivity index (χ0n) is 11.7. The second-order valence-corrected chi connectivity index (χ2v) is 5.11. The maximum Gasteiger partial charge on any atom is 0.280 e. The van der Waals surface area contributed by atoms with Crippen molar-refractivity contribution in [2.45, 2.75) is 38.5 Å². The quantitative estimate of drug-likeness (QED) is 0.658. The summed E-state index contributed by atoms with van der Waals surface area (Å²) in [7, 11) is 0. The van der Waals surface area contributed by atoms with Gasteiger partial charge in [-0.3, -0.25) is 20.2 Å². The van der Waals surface area contributed by atoms with E-state index in [0.29, 0.717) is 18.7 Å². The van der Waals surface area contributed by atoms with Gasteiger partial charge in [0, 0.05) is 30.8 Å². The molecule has 0 bridgehead atoms. The molecule has 1 heterocycles. The lowest BCUT2D eigenvalue weighted by Gasteiger charge is -2.28. The van der Waals surface area contributed by atoms with Crippen molar-refractivity contribution in [1.82, 2.24) is 5.32 Å². The van der Waals surface area contributed by atoms with Gasteiger partial charge in [-0.2, -0.15) is 0 Å². The smallest absolute Gasteiger partial charge is 0.280 e. The van der Waals surface area contributed by atoms with Gasteiger partial charge in [0.1, 0.15) is 0 Å². The highest BCUT2D eigenvalue weighted by Crippen LogP contribution is 2.25. The average molecular weight is 295 g/mol. The van der Waals surface area contributed by atoms with Gasteiger partial charge in [-0.15, -0.1) is 0 Å². The fourth-order valence-corrected chi connectivity index (χ4v) is 2.42. The number of nitro groups is 2.